The first-order valence-electron chi connectivity index (χ1n) is 12.4. The highest BCUT2D eigenvalue weighted by atomic mass is 32.2. The van der Waals surface area contributed by atoms with E-state index in [0.29, 0.717) is 52.9 Å². The number of nitrogens with zero attached hydrogens (tertiary/aromatic N) is 1. The van der Waals surface area contributed by atoms with Crippen LogP contribution >= 0.6 is 0 Å². The molecule has 2 heterocycles. The molecule has 1 aliphatic rings. The van der Waals surface area contributed by atoms with Gasteiger partial charge in [0, 0.05) is 29.7 Å². The number of ether oxygens (including phenoxy) is 1. The molecule has 0 saturated carbocycles. The lowest BCUT2D eigenvalue weighted by molar-refractivity contribution is 0.0998. The molecule has 0 aliphatic carbocycles. The van der Waals surface area contributed by atoms with E-state index < -0.39 is 15.9 Å². The van der Waals surface area contributed by atoms with Crippen molar-refractivity contribution in [1.82, 2.24) is 4.31 Å². The second-order valence-electron chi connectivity index (χ2n) is 9.88. The highest BCUT2D eigenvalue weighted by Crippen LogP contribution is 2.32. The first-order valence-corrected chi connectivity index (χ1v) is 13.8. The molecular weight excluding hydrogens is 488 g/mol. The quantitative estimate of drug-likeness (QED) is 0.317. The third kappa shape index (κ3) is 5.26. The van der Waals surface area contributed by atoms with Crippen molar-refractivity contribution in [2.75, 3.05) is 18.4 Å². The number of aryl methyl sites for hydroxylation is 1. The number of fused-ring (bicyclic) bond motifs is 1. The second-order valence-corrected chi connectivity index (χ2v) is 11.8. The lowest BCUT2D eigenvalue weighted by Gasteiger charge is -2.34. The van der Waals surface area contributed by atoms with Gasteiger partial charge in [-0.15, -0.1) is 0 Å². The van der Waals surface area contributed by atoms with Crippen molar-refractivity contribution in [3.63, 3.8) is 0 Å². The first-order chi connectivity index (χ1) is 17.7. The maximum absolute atomic E-state index is 13.4. The number of carbonyl (C=O) groups is 1. The summed E-state index contributed by atoms with van der Waals surface area (Å²) in [7, 11) is -3.64. The summed E-state index contributed by atoms with van der Waals surface area (Å²) in [6.45, 7) is 6.95. The van der Waals surface area contributed by atoms with Crippen molar-refractivity contribution in [1.29, 1.82) is 0 Å². The lowest BCUT2D eigenvalue weighted by Crippen LogP contribution is -2.42. The minimum Gasteiger partial charge on any atom is -0.457 e. The zero-order valence-electron chi connectivity index (χ0n) is 21.1. The minimum absolute atomic E-state index is 0.148. The Hall–Kier alpha value is -3.62. The predicted molar refractivity (Wildman–Crippen MR) is 144 cm³/mol. The van der Waals surface area contributed by atoms with Gasteiger partial charge >= 0.3 is 0 Å². The molecule has 0 radical (unpaired) electrons. The molecule has 0 spiro atoms. The standard InChI is InChI=1S/C29H30N2O5S/c1-19-15-20(2)18-31(17-19)37(33,34)25-13-14-27-26(16-25)21(3)28(36-27)29(32)30-22-9-11-24(12-10-22)35-23-7-5-4-6-8-23/h4-14,16,19-20H,15,17-18H2,1-3H3,(H,30,32). The first kappa shape index (κ1) is 25.0. The average Bonchev–Trinajstić information content (AvgIpc) is 3.21. The fraction of sp³-hybridized carbons (Fsp3) is 0.276. The largest absolute Gasteiger partial charge is 0.457 e. The molecule has 4 aromatic rings. The van der Waals surface area contributed by atoms with E-state index in [1.807, 2.05) is 30.3 Å². The Morgan fingerprint density at radius 2 is 1.59 bits per heavy atom. The van der Waals surface area contributed by atoms with E-state index in [0.717, 1.165) is 12.2 Å². The van der Waals surface area contributed by atoms with E-state index in [-0.39, 0.29) is 10.7 Å². The fourth-order valence-corrected chi connectivity index (χ4v) is 6.65. The number of sulfonamides is 1. The van der Waals surface area contributed by atoms with Crippen LogP contribution in [0.2, 0.25) is 0 Å². The Balaban J connectivity index is 1.34. The zero-order valence-corrected chi connectivity index (χ0v) is 21.9. The Morgan fingerprint density at radius 1 is 0.946 bits per heavy atom. The third-order valence-corrected chi connectivity index (χ3v) is 8.51. The zero-order chi connectivity index (χ0) is 26.2. The molecule has 2 atom stereocenters. The SMILES string of the molecule is Cc1c(C(=O)Nc2ccc(Oc3ccccc3)cc2)oc2ccc(S(=O)(=O)N3CC(C)CC(C)C3)cc12. The smallest absolute Gasteiger partial charge is 0.291 e. The normalized spacial score (nSPS) is 18.6. The lowest BCUT2D eigenvalue weighted by atomic mass is 9.94. The maximum atomic E-state index is 13.4. The molecule has 1 fully saturated rings. The van der Waals surface area contributed by atoms with Gasteiger partial charge in [-0.05, 0) is 79.8 Å². The minimum atomic E-state index is -3.64. The van der Waals surface area contributed by atoms with Crippen LogP contribution in [-0.4, -0.2) is 31.7 Å². The molecule has 1 aromatic heterocycles. The number of nitrogens with one attached hydrogen (secondary N) is 1. The van der Waals surface area contributed by atoms with E-state index in [9.17, 15) is 13.2 Å². The molecule has 1 aliphatic heterocycles. The predicted octanol–water partition coefficient (Wildman–Crippen LogP) is 6.45. The average molecular weight is 519 g/mol. The topological polar surface area (TPSA) is 88.8 Å². The van der Waals surface area contributed by atoms with Crippen LogP contribution in [0.25, 0.3) is 11.0 Å². The van der Waals surface area contributed by atoms with E-state index in [1.54, 1.807) is 53.7 Å². The Labute approximate surface area is 217 Å². The monoisotopic (exact) mass is 518 g/mol. The van der Waals surface area contributed by atoms with Crippen LogP contribution in [0.15, 0.2) is 82.1 Å². The summed E-state index contributed by atoms with van der Waals surface area (Å²) in [5, 5.41) is 3.45. The van der Waals surface area contributed by atoms with E-state index in [1.165, 1.54) is 0 Å². The molecule has 1 saturated heterocycles. The van der Waals surface area contributed by atoms with Crippen LogP contribution in [0.1, 0.15) is 36.4 Å². The van der Waals surface area contributed by atoms with Gasteiger partial charge in [0.15, 0.2) is 5.76 Å². The Morgan fingerprint density at radius 3 is 2.27 bits per heavy atom. The van der Waals surface area contributed by atoms with Crippen molar-refractivity contribution in [3.8, 4) is 11.5 Å². The van der Waals surface area contributed by atoms with Gasteiger partial charge < -0.3 is 14.5 Å². The fourth-order valence-electron chi connectivity index (χ4n) is 4.95. The molecule has 8 heteroatoms. The van der Waals surface area contributed by atoms with Crippen LogP contribution in [0.5, 0.6) is 11.5 Å². The molecular formula is C29H30N2O5S. The van der Waals surface area contributed by atoms with E-state index in [4.69, 9.17) is 9.15 Å². The van der Waals surface area contributed by atoms with Gasteiger partial charge in [-0.1, -0.05) is 32.0 Å². The summed E-state index contributed by atoms with van der Waals surface area (Å²) in [6.07, 6.45) is 1.02. The molecule has 7 nitrogen and oxygen atoms in total. The molecule has 3 aromatic carbocycles. The number of amides is 1. The van der Waals surface area contributed by atoms with Crippen LogP contribution in [0.3, 0.4) is 0 Å². The van der Waals surface area contributed by atoms with Crippen molar-refractivity contribution in [2.24, 2.45) is 11.8 Å². The number of rotatable bonds is 6. The molecule has 1 amide bonds. The van der Waals surface area contributed by atoms with Gasteiger partial charge in [0.1, 0.15) is 17.1 Å². The molecule has 5 rings (SSSR count). The molecule has 192 valence electrons. The number of para-hydroxylation sites is 1. The highest BCUT2D eigenvalue weighted by Gasteiger charge is 2.32. The van der Waals surface area contributed by atoms with Gasteiger partial charge in [-0.25, -0.2) is 8.42 Å². The Bertz CT molecular complexity index is 1520. The molecule has 0 bridgehead atoms. The third-order valence-electron chi connectivity index (χ3n) is 6.68. The van der Waals surface area contributed by atoms with Crippen LogP contribution in [0, 0.1) is 18.8 Å². The number of furan rings is 1. The van der Waals surface area contributed by atoms with Crippen LogP contribution in [0.4, 0.5) is 5.69 Å². The van der Waals surface area contributed by atoms with Crippen molar-refractivity contribution in [2.45, 2.75) is 32.1 Å². The van der Waals surface area contributed by atoms with Crippen molar-refractivity contribution in [3.05, 3.63) is 84.1 Å². The molecule has 37 heavy (non-hydrogen) atoms. The number of anilines is 1. The molecule has 2 unspecified atom stereocenters. The van der Waals surface area contributed by atoms with Crippen molar-refractivity contribution < 1.29 is 22.4 Å². The summed E-state index contributed by atoms with van der Waals surface area (Å²) in [4.78, 5) is 13.2. The summed E-state index contributed by atoms with van der Waals surface area (Å²) in [5.41, 5.74) is 1.64. The van der Waals surface area contributed by atoms with Gasteiger partial charge in [0.05, 0.1) is 4.90 Å². The number of carbonyl (C=O) groups excluding carboxylic acids is 1. The number of hydrogen-bond donors (Lipinski definition) is 1. The number of piperidine rings is 1. The van der Waals surface area contributed by atoms with Gasteiger partial charge in [-0.3, -0.25) is 4.79 Å². The van der Waals surface area contributed by atoms with Crippen LogP contribution < -0.4 is 10.1 Å². The van der Waals surface area contributed by atoms with Gasteiger partial charge in [0.2, 0.25) is 10.0 Å². The summed E-state index contributed by atoms with van der Waals surface area (Å²) in [5.74, 6) is 1.74. The van der Waals surface area contributed by atoms with Crippen molar-refractivity contribution >= 4 is 32.6 Å². The van der Waals surface area contributed by atoms with E-state index >= 15 is 0 Å². The van der Waals surface area contributed by atoms with Gasteiger partial charge in [-0.2, -0.15) is 4.31 Å². The second kappa shape index (κ2) is 10.0. The van der Waals surface area contributed by atoms with E-state index in [2.05, 4.69) is 19.2 Å². The summed E-state index contributed by atoms with van der Waals surface area (Å²) < 4.78 is 39.9. The molecule has 1 N–H and O–H groups in total. The van der Waals surface area contributed by atoms with Gasteiger partial charge in [0.25, 0.3) is 5.91 Å². The highest BCUT2D eigenvalue weighted by molar-refractivity contribution is 7.89. The summed E-state index contributed by atoms with van der Waals surface area (Å²) in [6, 6.07) is 21.3. The summed E-state index contributed by atoms with van der Waals surface area (Å²) >= 11 is 0. The Kier molecular flexibility index (Phi) is 6.79. The van der Waals surface area contributed by atoms with Crippen LogP contribution in [-0.2, 0) is 10.0 Å². The number of benzene rings is 3. The maximum Gasteiger partial charge on any atom is 0.291 e. The number of hydrogen-bond acceptors (Lipinski definition) is 5.